The quantitative estimate of drug-likeness (QED) is 0.645. The lowest BCUT2D eigenvalue weighted by molar-refractivity contribution is 0.312. The van der Waals surface area contributed by atoms with Crippen molar-refractivity contribution >= 4 is 17.5 Å². The van der Waals surface area contributed by atoms with Crippen LogP contribution in [0.5, 0.6) is 0 Å². The molecule has 0 saturated carbocycles. The van der Waals surface area contributed by atoms with E-state index in [0.29, 0.717) is 6.54 Å². The summed E-state index contributed by atoms with van der Waals surface area (Å²) in [7, 11) is 2.10. The molecule has 2 heterocycles. The van der Waals surface area contributed by atoms with Crippen LogP contribution >= 0.6 is 0 Å². The highest BCUT2D eigenvalue weighted by Gasteiger charge is 2.17. The number of anilines is 2. The van der Waals surface area contributed by atoms with Crippen LogP contribution in [0.1, 0.15) is 5.56 Å². The first-order valence-electron chi connectivity index (χ1n) is 8.42. The van der Waals surface area contributed by atoms with E-state index < -0.39 is 11.6 Å². The van der Waals surface area contributed by atoms with E-state index in [1.807, 2.05) is 12.1 Å². The maximum Gasteiger partial charge on any atom is 0.193 e. The number of aromatic nitrogens is 1. The van der Waals surface area contributed by atoms with Crippen LogP contribution in [0.15, 0.2) is 41.5 Å². The van der Waals surface area contributed by atoms with Gasteiger partial charge in [-0.3, -0.25) is 0 Å². The standard InChI is InChI=1S/C18H22F2N6/c1-25-7-9-26(10-8-25)17-13(3-2-6-22-17)12-23-18(21)24-16-11-14(19)4-5-15(16)20/h2-6,11H,7-10,12H2,1H3,(H3,21,23,24). The third-order valence-electron chi connectivity index (χ3n) is 4.28. The molecule has 0 radical (unpaired) electrons. The van der Waals surface area contributed by atoms with Crippen molar-refractivity contribution < 1.29 is 8.78 Å². The van der Waals surface area contributed by atoms with Crippen molar-refractivity contribution in [1.82, 2.24) is 9.88 Å². The number of hydrogen-bond donors (Lipinski definition) is 2. The Kier molecular flexibility index (Phi) is 5.62. The summed E-state index contributed by atoms with van der Waals surface area (Å²) in [6.07, 6.45) is 1.75. The molecule has 0 amide bonds. The van der Waals surface area contributed by atoms with Gasteiger partial charge in [-0.1, -0.05) is 6.07 Å². The van der Waals surface area contributed by atoms with E-state index in [-0.39, 0.29) is 11.6 Å². The second kappa shape index (κ2) is 8.09. The molecule has 1 aliphatic rings. The van der Waals surface area contributed by atoms with Gasteiger partial charge in [-0.05, 0) is 25.2 Å². The molecule has 1 fully saturated rings. The molecule has 2 aromatic rings. The molecule has 0 bridgehead atoms. The van der Waals surface area contributed by atoms with E-state index in [0.717, 1.165) is 55.8 Å². The third kappa shape index (κ3) is 4.45. The molecule has 26 heavy (non-hydrogen) atoms. The lowest BCUT2D eigenvalue weighted by atomic mass is 10.2. The molecule has 0 unspecified atom stereocenters. The van der Waals surface area contributed by atoms with Gasteiger partial charge in [-0.25, -0.2) is 18.8 Å². The van der Waals surface area contributed by atoms with Gasteiger partial charge in [0, 0.05) is 44.0 Å². The highest BCUT2D eigenvalue weighted by atomic mass is 19.1. The minimum absolute atomic E-state index is 0.0164. The Balaban J connectivity index is 1.70. The normalized spacial score (nSPS) is 16.0. The topological polar surface area (TPSA) is 69.8 Å². The van der Waals surface area contributed by atoms with Gasteiger partial charge in [0.1, 0.15) is 17.5 Å². The first kappa shape index (κ1) is 18.1. The average Bonchev–Trinajstić information content (AvgIpc) is 2.64. The first-order chi connectivity index (χ1) is 12.5. The van der Waals surface area contributed by atoms with Crippen LogP contribution in [0.4, 0.5) is 20.3 Å². The predicted molar refractivity (Wildman–Crippen MR) is 99.3 cm³/mol. The molecule has 0 atom stereocenters. The number of nitrogens with zero attached hydrogens (tertiary/aromatic N) is 4. The predicted octanol–water partition coefficient (Wildman–Crippen LogP) is 2.04. The summed E-state index contributed by atoms with van der Waals surface area (Å²) in [6.45, 7) is 4.04. The largest absolute Gasteiger partial charge is 0.370 e. The molecule has 0 spiro atoms. The Labute approximate surface area is 151 Å². The second-order valence-corrected chi connectivity index (χ2v) is 6.23. The number of pyridine rings is 1. The maximum absolute atomic E-state index is 13.7. The number of halogens is 2. The van der Waals surface area contributed by atoms with Crippen molar-refractivity contribution in [3.63, 3.8) is 0 Å². The van der Waals surface area contributed by atoms with Gasteiger partial charge < -0.3 is 20.9 Å². The van der Waals surface area contributed by atoms with Gasteiger partial charge in [0.2, 0.25) is 0 Å². The zero-order valence-electron chi connectivity index (χ0n) is 14.6. The zero-order chi connectivity index (χ0) is 18.5. The molecular formula is C18H22F2N6. The van der Waals surface area contributed by atoms with Crippen molar-refractivity contribution in [1.29, 1.82) is 0 Å². The average molecular weight is 360 g/mol. The van der Waals surface area contributed by atoms with E-state index >= 15 is 0 Å². The van der Waals surface area contributed by atoms with E-state index in [1.54, 1.807) is 6.20 Å². The Morgan fingerprint density at radius 2 is 2.00 bits per heavy atom. The van der Waals surface area contributed by atoms with E-state index in [2.05, 4.69) is 32.1 Å². The van der Waals surface area contributed by atoms with Crippen molar-refractivity contribution in [3.8, 4) is 0 Å². The number of piperazine rings is 1. The molecule has 1 saturated heterocycles. The molecule has 1 aromatic carbocycles. The van der Waals surface area contributed by atoms with Gasteiger partial charge in [-0.2, -0.15) is 0 Å². The highest BCUT2D eigenvalue weighted by molar-refractivity contribution is 5.92. The number of aliphatic imine (C=N–C) groups is 1. The fourth-order valence-corrected chi connectivity index (χ4v) is 2.80. The minimum Gasteiger partial charge on any atom is -0.370 e. The second-order valence-electron chi connectivity index (χ2n) is 6.23. The number of hydrogen-bond acceptors (Lipinski definition) is 4. The van der Waals surface area contributed by atoms with Crippen LogP contribution in [0, 0.1) is 11.6 Å². The molecule has 3 N–H and O–H groups in total. The Bertz CT molecular complexity index is 787. The van der Waals surface area contributed by atoms with Gasteiger partial charge in [0.25, 0.3) is 0 Å². The molecule has 8 heteroatoms. The van der Waals surface area contributed by atoms with Crippen molar-refractivity contribution in [2.75, 3.05) is 43.4 Å². The Morgan fingerprint density at radius 1 is 1.23 bits per heavy atom. The molecule has 3 rings (SSSR count). The Hall–Kier alpha value is -2.74. The summed E-state index contributed by atoms with van der Waals surface area (Å²) in [5.41, 5.74) is 6.72. The summed E-state index contributed by atoms with van der Waals surface area (Å²) in [5.74, 6) is -0.243. The third-order valence-corrected chi connectivity index (χ3v) is 4.28. The summed E-state index contributed by atoms with van der Waals surface area (Å²) in [5, 5.41) is 2.60. The van der Waals surface area contributed by atoms with Crippen LogP contribution in [-0.4, -0.2) is 49.1 Å². The highest BCUT2D eigenvalue weighted by Crippen LogP contribution is 2.20. The summed E-state index contributed by atoms with van der Waals surface area (Å²) < 4.78 is 26.9. The molecule has 6 nitrogen and oxygen atoms in total. The van der Waals surface area contributed by atoms with Gasteiger partial charge in [0.05, 0.1) is 12.2 Å². The smallest absolute Gasteiger partial charge is 0.193 e. The van der Waals surface area contributed by atoms with Gasteiger partial charge >= 0.3 is 0 Å². The van der Waals surface area contributed by atoms with E-state index in [9.17, 15) is 8.78 Å². The van der Waals surface area contributed by atoms with Gasteiger partial charge in [0.15, 0.2) is 5.96 Å². The number of rotatable bonds is 4. The van der Waals surface area contributed by atoms with Crippen LogP contribution in [-0.2, 0) is 6.54 Å². The lowest BCUT2D eigenvalue weighted by Crippen LogP contribution is -2.45. The van der Waals surface area contributed by atoms with Crippen LogP contribution in [0.25, 0.3) is 0 Å². The van der Waals surface area contributed by atoms with Crippen molar-refractivity contribution in [2.45, 2.75) is 6.54 Å². The number of benzene rings is 1. The SMILES string of the molecule is CN1CCN(c2ncccc2CN=C(N)Nc2cc(F)ccc2F)CC1. The monoisotopic (exact) mass is 360 g/mol. The first-order valence-corrected chi connectivity index (χ1v) is 8.42. The fourth-order valence-electron chi connectivity index (χ4n) is 2.80. The minimum atomic E-state index is -0.593. The summed E-state index contributed by atoms with van der Waals surface area (Å²) >= 11 is 0. The number of guanidine groups is 1. The Morgan fingerprint density at radius 3 is 2.77 bits per heavy atom. The van der Waals surface area contributed by atoms with Crippen molar-refractivity contribution in [3.05, 3.63) is 53.7 Å². The molecule has 0 aliphatic carbocycles. The molecule has 138 valence electrons. The van der Waals surface area contributed by atoms with E-state index in [1.165, 1.54) is 0 Å². The van der Waals surface area contributed by atoms with Crippen LogP contribution < -0.4 is 16.0 Å². The van der Waals surface area contributed by atoms with Crippen molar-refractivity contribution in [2.24, 2.45) is 10.7 Å². The molecular weight excluding hydrogens is 338 g/mol. The zero-order valence-corrected chi connectivity index (χ0v) is 14.6. The number of likely N-dealkylation sites (N-methyl/N-ethyl adjacent to an activating group) is 1. The van der Waals surface area contributed by atoms with Crippen LogP contribution in [0.2, 0.25) is 0 Å². The fraction of sp³-hybridized carbons (Fsp3) is 0.333. The lowest BCUT2D eigenvalue weighted by Gasteiger charge is -2.34. The molecule has 1 aromatic heterocycles. The van der Waals surface area contributed by atoms with Gasteiger partial charge in [-0.15, -0.1) is 0 Å². The van der Waals surface area contributed by atoms with E-state index in [4.69, 9.17) is 5.73 Å². The summed E-state index contributed by atoms with van der Waals surface area (Å²) in [4.78, 5) is 13.2. The summed E-state index contributed by atoms with van der Waals surface area (Å²) in [6, 6.07) is 6.92. The number of nitrogens with one attached hydrogen (secondary N) is 1. The van der Waals surface area contributed by atoms with Crippen LogP contribution in [0.3, 0.4) is 0 Å². The number of nitrogens with two attached hydrogens (primary N) is 1. The maximum atomic E-state index is 13.7. The molecule has 1 aliphatic heterocycles.